The number of fused-ring (bicyclic) bond motifs is 2. The Labute approximate surface area is 204 Å². The van der Waals surface area contributed by atoms with E-state index >= 15 is 0 Å². The summed E-state index contributed by atoms with van der Waals surface area (Å²) in [5.41, 5.74) is -7.74. The molecule has 0 bridgehead atoms. The van der Waals surface area contributed by atoms with Crippen LogP contribution in [0, 0.1) is 0 Å². The Morgan fingerprint density at radius 3 is 1.08 bits per heavy atom. The van der Waals surface area contributed by atoms with Crippen molar-refractivity contribution in [3.63, 3.8) is 0 Å². The van der Waals surface area contributed by atoms with Gasteiger partial charge in [0.05, 0.1) is 44.7 Å². The van der Waals surface area contributed by atoms with Gasteiger partial charge in [-0.2, -0.15) is 39.5 Å². The predicted octanol–water partition coefficient (Wildman–Crippen LogP) is 4.34. The summed E-state index contributed by atoms with van der Waals surface area (Å²) in [4.78, 5) is 50.2. The van der Waals surface area contributed by atoms with Gasteiger partial charge in [0, 0.05) is 6.92 Å². The lowest BCUT2D eigenvalue weighted by Gasteiger charge is -2.27. The number of rotatable bonds is 6. The number of hydrogen-bond donors (Lipinski definition) is 0. The minimum atomic E-state index is -6.81. The molecule has 0 N–H and O–H groups in total. The van der Waals surface area contributed by atoms with E-state index in [0.717, 1.165) is 0 Å². The highest BCUT2D eigenvalue weighted by atomic mass is 35.5. The van der Waals surface area contributed by atoms with Crippen molar-refractivity contribution in [1.82, 2.24) is 9.13 Å². The van der Waals surface area contributed by atoms with Crippen molar-refractivity contribution in [3.05, 3.63) is 51.5 Å². The van der Waals surface area contributed by atoms with Crippen molar-refractivity contribution >= 4 is 44.7 Å². The summed E-state index contributed by atoms with van der Waals surface area (Å²) in [6, 6.07) is 0. The second-order valence-electron chi connectivity index (χ2n) is 7.89. The third kappa shape index (κ3) is 4.00. The molecular weight excluding hydrogens is 588 g/mol. The van der Waals surface area contributed by atoms with Gasteiger partial charge in [-0.05, 0) is 0 Å². The molecule has 0 radical (unpaired) electrons. The van der Waals surface area contributed by atoms with Gasteiger partial charge in [0.1, 0.15) is 0 Å². The van der Waals surface area contributed by atoms with Gasteiger partial charge in [-0.3, -0.25) is 28.3 Å². The van der Waals surface area contributed by atoms with Crippen LogP contribution in [-0.2, 0) is 13.1 Å². The van der Waals surface area contributed by atoms with Gasteiger partial charge >= 0.3 is 29.9 Å². The standard InChI is InChI=1S/C18H7Cl2F11N2O4/c1-14(21,22)15(23,24)2-32-10(34)4-5(11(32)35)9(20)7-6(8(4)19)12(36)33(13(7)37)3-16(25,26)17(27,28)18(29,30)31/h2-3H2,1H3. The van der Waals surface area contributed by atoms with E-state index in [4.69, 9.17) is 23.2 Å². The van der Waals surface area contributed by atoms with Gasteiger partial charge in [-0.1, -0.05) is 23.2 Å². The Morgan fingerprint density at radius 1 is 0.568 bits per heavy atom. The topological polar surface area (TPSA) is 78.1 Å². The molecule has 1 aromatic carbocycles. The van der Waals surface area contributed by atoms with Gasteiger partial charge in [0.25, 0.3) is 22.2 Å². The minimum Gasteiger partial charge on any atom is -0.269 e. The number of alkyl halides is 11. The van der Waals surface area contributed by atoms with Crippen molar-refractivity contribution in [2.24, 2.45) is 0 Å². The number of aromatic nitrogens is 2. The zero-order chi connectivity index (χ0) is 28.8. The molecule has 0 saturated carbocycles. The normalized spacial score (nSPS) is 14.3. The summed E-state index contributed by atoms with van der Waals surface area (Å²) in [6.07, 6.45) is -6.81. The lowest BCUT2D eigenvalue weighted by atomic mass is 10.1. The van der Waals surface area contributed by atoms with Crippen LogP contribution in [0.5, 0.6) is 0 Å². The zero-order valence-corrected chi connectivity index (χ0v) is 18.9. The van der Waals surface area contributed by atoms with Crippen molar-refractivity contribution in [2.45, 2.75) is 49.9 Å². The maximum atomic E-state index is 13.9. The van der Waals surface area contributed by atoms with Crippen LogP contribution in [0.3, 0.4) is 0 Å². The van der Waals surface area contributed by atoms with Gasteiger partial charge in [0.2, 0.25) is 0 Å². The molecule has 0 aliphatic carbocycles. The molecule has 3 aromatic rings. The predicted molar refractivity (Wildman–Crippen MR) is 106 cm³/mol. The fourth-order valence-electron chi connectivity index (χ4n) is 3.35. The summed E-state index contributed by atoms with van der Waals surface area (Å²) in [6.45, 7) is -5.31. The Hall–Kier alpha value is -2.69. The molecule has 0 amide bonds. The molecular formula is C18H7Cl2F11N2O4. The Kier molecular flexibility index (Phi) is 6.36. The number of benzene rings is 1. The second-order valence-corrected chi connectivity index (χ2v) is 8.65. The molecule has 0 spiro atoms. The first-order valence-corrected chi connectivity index (χ1v) is 10.0. The smallest absolute Gasteiger partial charge is 0.269 e. The second kappa shape index (κ2) is 8.15. The highest BCUT2D eigenvalue weighted by Gasteiger charge is 2.73. The zero-order valence-electron chi connectivity index (χ0n) is 17.4. The van der Waals surface area contributed by atoms with E-state index in [2.05, 4.69) is 0 Å². The molecule has 19 heteroatoms. The quantitative estimate of drug-likeness (QED) is 0.398. The summed E-state index contributed by atoms with van der Waals surface area (Å²) in [7, 11) is 0. The van der Waals surface area contributed by atoms with Crippen LogP contribution in [0.4, 0.5) is 48.3 Å². The molecule has 6 nitrogen and oxygen atoms in total. The number of hydrogen-bond acceptors (Lipinski definition) is 4. The average molecular weight is 595 g/mol. The maximum Gasteiger partial charge on any atom is 0.459 e. The van der Waals surface area contributed by atoms with E-state index in [1.165, 1.54) is 0 Å². The fraction of sp³-hybridized carbons (Fsp3) is 0.444. The van der Waals surface area contributed by atoms with Crippen molar-refractivity contribution < 1.29 is 48.3 Å². The summed E-state index contributed by atoms with van der Waals surface area (Å²) >= 11 is 11.6. The van der Waals surface area contributed by atoms with Crippen LogP contribution in [0.25, 0.3) is 21.5 Å². The van der Waals surface area contributed by atoms with Crippen molar-refractivity contribution in [3.8, 4) is 0 Å². The SMILES string of the molecule is CC(F)(F)C(F)(F)Cn1c(=O)c2c(Cl)c3c(=O)n(CC(F)(F)C(F)(F)C(F)(F)F)c(=O)c3c(Cl)c2c1=O. The number of halogens is 13. The molecule has 0 saturated heterocycles. The Bertz CT molecular complexity index is 1560. The van der Waals surface area contributed by atoms with Crippen LogP contribution in [0.1, 0.15) is 6.92 Å². The molecule has 2 aromatic heterocycles. The van der Waals surface area contributed by atoms with Crippen LogP contribution in [0.2, 0.25) is 10.0 Å². The molecule has 0 fully saturated rings. The molecule has 37 heavy (non-hydrogen) atoms. The van der Waals surface area contributed by atoms with Gasteiger partial charge in [0.15, 0.2) is 0 Å². The lowest BCUT2D eigenvalue weighted by molar-refractivity contribution is -0.357. The van der Waals surface area contributed by atoms with E-state index in [9.17, 15) is 67.5 Å². The maximum absolute atomic E-state index is 13.9. The molecule has 3 rings (SSSR count). The third-order valence-electron chi connectivity index (χ3n) is 5.39. The summed E-state index contributed by atoms with van der Waals surface area (Å²) in [5, 5.41) is -7.52. The number of nitrogens with zero attached hydrogens (tertiary/aromatic N) is 2. The van der Waals surface area contributed by atoms with Crippen molar-refractivity contribution in [2.75, 3.05) is 0 Å². The largest absolute Gasteiger partial charge is 0.459 e. The lowest BCUT2D eigenvalue weighted by Crippen LogP contribution is -2.55. The molecule has 0 aliphatic rings. The van der Waals surface area contributed by atoms with Gasteiger partial charge in [-0.15, -0.1) is 0 Å². The first kappa shape index (κ1) is 28.9. The van der Waals surface area contributed by atoms with E-state index in [1.807, 2.05) is 0 Å². The van der Waals surface area contributed by atoms with E-state index in [-0.39, 0.29) is 6.92 Å². The van der Waals surface area contributed by atoms with E-state index in [1.54, 1.807) is 0 Å². The fourth-order valence-corrected chi connectivity index (χ4v) is 4.05. The monoisotopic (exact) mass is 594 g/mol. The van der Waals surface area contributed by atoms with Crippen LogP contribution in [-0.4, -0.2) is 39.0 Å². The average Bonchev–Trinajstić information content (AvgIpc) is 3.10. The van der Waals surface area contributed by atoms with Gasteiger partial charge in [-0.25, -0.2) is 8.78 Å². The molecule has 0 aliphatic heterocycles. The summed E-state index contributed by atoms with van der Waals surface area (Å²) in [5.74, 6) is -22.6. The summed E-state index contributed by atoms with van der Waals surface area (Å²) < 4.78 is 144. The first-order valence-electron chi connectivity index (χ1n) is 9.26. The van der Waals surface area contributed by atoms with E-state index < -0.39 is 106 Å². The molecule has 0 unspecified atom stereocenters. The molecule has 2 heterocycles. The molecule has 0 atom stereocenters. The Balaban J connectivity index is 2.36. The third-order valence-corrected chi connectivity index (χ3v) is 6.14. The molecule has 204 valence electrons. The van der Waals surface area contributed by atoms with Crippen molar-refractivity contribution in [1.29, 1.82) is 0 Å². The van der Waals surface area contributed by atoms with Crippen LogP contribution >= 0.6 is 23.2 Å². The van der Waals surface area contributed by atoms with Crippen LogP contribution < -0.4 is 22.2 Å². The highest BCUT2D eigenvalue weighted by Crippen LogP contribution is 2.47. The Morgan fingerprint density at radius 2 is 0.838 bits per heavy atom. The first-order chi connectivity index (χ1) is 16.4. The van der Waals surface area contributed by atoms with Gasteiger partial charge < -0.3 is 0 Å². The van der Waals surface area contributed by atoms with Crippen LogP contribution in [0.15, 0.2) is 19.2 Å². The van der Waals surface area contributed by atoms with E-state index in [0.29, 0.717) is 0 Å². The highest BCUT2D eigenvalue weighted by molar-refractivity contribution is 6.47. The minimum absolute atomic E-state index is 0.232.